The van der Waals surface area contributed by atoms with E-state index in [1.54, 1.807) is 32.0 Å². The number of hydrogen-bond acceptors (Lipinski definition) is 4. The maximum absolute atomic E-state index is 13.2. The summed E-state index contributed by atoms with van der Waals surface area (Å²) in [5.41, 5.74) is 1.47. The third-order valence-electron chi connectivity index (χ3n) is 4.81. The summed E-state index contributed by atoms with van der Waals surface area (Å²) in [5, 5.41) is 10.00. The van der Waals surface area contributed by atoms with Gasteiger partial charge in [-0.15, -0.1) is 0 Å². The molecular formula is C24H26N4O3. The van der Waals surface area contributed by atoms with Crippen molar-refractivity contribution < 1.29 is 9.59 Å². The summed E-state index contributed by atoms with van der Waals surface area (Å²) in [6.07, 6.45) is 0.349. The first-order chi connectivity index (χ1) is 14.9. The Hall–Kier alpha value is -3.74. The van der Waals surface area contributed by atoms with Crippen molar-refractivity contribution >= 4 is 23.2 Å². The normalized spacial score (nSPS) is 11.7. The predicted octanol–water partition coefficient (Wildman–Crippen LogP) is 4.09. The van der Waals surface area contributed by atoms with Crippen LogP contribution in [0.25, 0.3) is 11.3 Å². The number of benzene rings is 2. The third kappa shape index (κ3) is 5.25. The maximum Gasteiger partial charge on any atom is 0.291 e. The number of aromatic nitrogens is 2. The molecule has 160 valence electrons. The van der Waals surface area contributed by atoms with Gasteiger partial charge in [-0.2, -0.15) is 5.10 Å². The van der Waals surface area contributed by atoms with Crippen LogP contribution in [-0.4, -0.2) is 21.6 Å². The smallest absolute Gasteiger partial charge is 0.291 e. The molecule has 1 aromatic heterocycles. The number of anilines is 2. The van der Waals surface area contributed by atoms with Gasteiger partial charge in [0.1, 0.15) is 11.7 Å². The lowest BCUT2D eigenvalue weighted by Crippen LogP contribution is -2.37. The van der Waals surface area contributed by atoms with Gasteiger partial charge in [-0.25, -0.2) is 4.68 Å². The molecule has 0 saturated heterocycles. The lowest BCUT2D eigenvalue weighted by atomic mass is 10.1. The second-order valence-electron chi connectivity index (χ2n) is 7.48. The van der Waals surface area contributed by atoms with Crippen LogP contribution >= 0.6 is 0 Å². The van der Waals surface area contributed by atoms with Crippen molar-refractivity contribution in [2.75, 3.05) is 10.6 Å². The molecule has 1 unspecified atom stereocenters. The highest BCUT2D eigenvalue weighted by Crippen LogP contribution is 2.21. The second-order valence-corrected chi connectivity index (χ2v) is 7.48. The molecule has 0 saturated carbocycles. The number of rotatable bonds is 7. The Morgan fingerprint density at radius 1 is 0.935 bits per heavy atom. The zero-order chi connectivity index (χ0) is 22.4. The molecule has 3 aromatic rings. The van der Waals surface area contributed by atoms with Crippen LogP contribution in [0.3, 0.4) is 0 Å². The quantitative estimate of drug-likeness (QED) is 0.604. The summed E-state index contributed by atoms with van der Waals surface area (Å²) >= 11 is 0. The molecule has 1 heterocycles. The van der Waals surface area contributed by atoms with Crippen LogP contribution in [0.2, 0.25) is 0 Å². The van der Waals surface area contributed by atoms with E-state index >= 15 is 0 Å². The minimum Gasteiger partial charge on any atom is -0.324 e. The maximum atomic E-state index is 13.2. The number of carbonyl (C=O) groups excluding carboxylic acids is 2. The number of para-hydroxylation sites is 1. The van der Waals surface area contributed by atoms with Gasteiger partial charge in [-0.3, -0.25) is 14.4 Å². The number of amides is 2. The first-order valence-electron chi connectivity index (χ1n) is 10.3. The fourth-order valence-electron chi connectivity index (χ4n) is 3.06. The van der Waals surface area contributed by atoms with E-state index < -0.39 is 11.6 Å². The summed E-state index contributed by atoms with van der Waals surface area (Å²) in [6, 6.07) is 19.1. The lowest BCUT2D eigenvalue weighted by Gasteiger charge is -2.19. The Labute approximate surface area is 181 Å². The highest BCUT2D eigenvalue weighted by molar-refractivity contribution is 5.94. The van der Waals surface area contributed by atoms with Gasteiger partial charge in [0, 0.05) is 17.2 Å². The van der Waals surface area contributed by atoms with Gasteiger partial charge in [-0.1, -0.05) is 69.3 Å². The van der Waals surface area contributed by atoms with Crippen molar-refractivity contribution in [1.29, 1.82) is 0 Å². The van der Waals surface area contributed by atoms with Gasteiger partial charge in [-0.05, 0) is 24.6 Å². The van der Waals surface area contributed by atoms with Crippen LogP contribution in [0, 0.1) is 5.92 Å². The van der Waals surface area contributed by atoms with Gasteiger partial charge in [0.05, 0.1) is 5.69 Å². The molecule has 0 spiro atoms. The van der Waals surface area contributed by atoms with E-state index in [1.807, 2.05) is 55.5 Å². The highest BCUT2D eigenvalue weighted by atomic mass is 16.2. The topological polar surface area (TPSA) is 93.1 Å². The van der Waals surface area contributed by atoms with Crippen molar-refractivity contribution in [2.45, 2.75) is 33.2 Å². The Morgan fingerprint density at radius 3 is 2.13 bits per heavy atom. The summed E-state index contributed by atoms with van der Waals surface area (Å²) in [5.74, 6) is -0.935. The minimum atomic E-state index is -0.842. The van der Waals surface area contributed by atoms with Crippen LogP contribution in [0.5, 0.6) is 0 Å². The third-order valence-corrected chi connectivity index (χ3v) is 4.81. The Morgan fingerprint density at radius 2 is 1.55 bits per heavy atom. The molecule has 7 heteroatoms. The SMILES string of the molecule is CCC(C(=O)Nc1ccccc1)n1nc(-c2ccccc2)cc(NC(=O)C(C)C)c1=O. The molecule has 0 aliphatic rings. The average molecular weight is 418 g/mol. The number of hydrogen-bond donors (Lipinski definition) is 2. The van der Waals surface area contributed by atoms with Crippen molar-refractivity contribution in [3.8, 4) is 11.3 Å². The van der Waals surface area contributed by atoms with Gasteiger partial charge in [0.15, 0.2) is 0 Å². The molecule has 7 nitrogen and oxygen atoms in total. The van der Waals surface area contributed by atoms with E-state index in [0.29, 0.717) is 17.8 Å². The molecule has 0 bridgehead atoms. The Balaban J connectivity index is 2.06. The predicted molar refractivity (Wildman–Crippen MR) is 122 cm³/mol. The molecule has 1 atom stereocenters. The molecule has 0 radical (unpaired) electrons. The Bertz CT molecular complexity index is 1110. The zero-order valence-corrected chi connectivity index (χ0v) is 17.8. The van der Waals surface area contributed by atoms with E-state index in [9.17, 15) is 14.4 Å². The second kappa shape index (κ2) is 9.84. The monoisotopic (exact) mass is 418 g/mol. The van der Waals surface area contributed by atoms with Gasteiger partial charge >= 0.3 is 0 Å². The van der Waals surface area contributed by atoms with Crippen LogP contribution in [0.4, 0.5) is 11.4 Å². The zero-order valence-electron chi connectivity index (χ0n) is 17.8. The molecule has 3 rings (SSSR count). The number of carbonyl (C=O) groups is 2. The fourth-order valence-corrected chi connectivity index (χ4v) is 3.06. The summed E-state index contributed by atoms with van der Waals surface area (Å²) in [6.45, 7) is 5.30. The fraction of sp³-hybridized carbons (Fsp3) is 0.250. The highest BCUT2D eigenvalue weighted by Gasteiger charge is 2.24. The van der Waals surface area contributed by atoms with Crippen molar-refractivity contribution in [3.05, 3.63) is 77.1 Å². The van der Waals surface area contributed by atoms with Crippen molar-refractivity contribution in [3.63, 3.8) is 0 Å². The van der Waals surface area contributed by atoms with Gasteiger partial charge < -0.3 is 10.6 Å². The Kier molecular flexibility index (Phi) is 6.97. The van der Waals surface area contributed by atoms with Crippen molar-refractivity contribution in [1.82, 2.24) is 9.78 Å². The van der Waals surface area contributed by atoms with Crippen LogP contribution in [-0.2, 0) is 9.59 Å². The molecule has 2 aromatic carbocycles. The van der Waals surface area contributed by atoms with Gasteiger partial charge in [0.25, 0.3) is 5.56 Å². The van der Waals surface area contributed by atoms with Crippen LogP contribution in [0.1, 0.15) is 33.2 Å². The van der Waals surface area contributed by atoms with E-state index in [4.69, 9.17) is 0 Å². The largest absolute Gasteiger partial charge is 0.324 e. The average Bonchev–Trinajstić information content (AvgIpc) is 2.77. The molecule has 0 fully saturated rings. The minimum absolute atomic E-state index is 0.0958. The molecule has 0 aliphatic heterocycles. The van der Waals surface area contributed by atoms with E-state index in [1.165, 1.54) is 0 Å². The van der Waals surface area contributed by atoms with Crippen molar-refractivity contribution in [2.24, 2.45) is 5.92 Å². The van der Waals surface area contributed by atoms with Gasteiger partial charge in [0.2, 0.25) is 11.8 Å². The van der Waals surface area contributed by atoms with Crippen LogP contribution < -0.4 is 16.2 Å². The lowest BCUT2D eigenvalue weighted by molar-refractivity contribution is -0.120. The molecule has 0 aliphatic carbocycles. The summed E-state index contributed by atoms with van der Waals surface area (Å²) < 4.78 is 1.16. The molecule has 31 heavy (non-hydrogen) atoms. The number of nitrogens with one attached hydrogen (secondary N) is 2. The molecule has 2 N–H and O–H groups in total. The number of nitrogens with zero attached hydrogens (tertiary/aromatic N) is 2. The summed E-state index contributed by atoms with van der Waals surface area (Å²) in [7, 11) is 0. The molecule has 2 amide bonds. The first kappa shape index (κ1) is 22.0. The first-order valence-corrected chi connectivity index (χ1v) is 10.3. The summed E-state index contributed by atoms with van der Waals surface area (Å²) in [4.78, 5) is 38.4. The standard InChI is InChI=1S/C24H26N4O3/c1-4-21(23(30)25-18-13-9-6-10-14-18)28-24(31)20(26-22(29)16(2)3)15-19(27-28)17-11-7-5-8-12-17/h5-16,21H,4H2,1-3H3,(H,25,30)(H,26,29). The van der Waals surface area contributed by atoms with E-state index in [0.717, 1.165) is 10.2 Å². The van der Waals surface area contributed by atoms with E-state index in [-0.39, 0.29) is 23.4 Å². The molecular weight excluding hydrogens is 392 g/mol. The van der Waals surface area contributed by atoms with E-state index in [2.05, 4.69) is 15.7 Å². The van der Waals surface area contributed by atoms with Crippen LogP contribution in [0.15, 0.2) is 71.5 Å².